The van der Waals surface area contributed by atoms with E-state index in [2.05, 4.69) is 6.92 Å². The summed E-state index contributed by atoms with van der Waals surface area (Å²) >= 11 is 0. The van der Waals surface area contributed by atoms with E-state index in [9.17, 15) is 10.2 Å². The van der Waals surface area contributed by atoms with Crippen LogP contribution in [0.4, 0.5) is 0 Å². The minimum absolute atomic E-state index is 0.0987. The molecule has 4 heteroatoms. The third-order valence-electron chi connectivity index (χ3n) is 3.80. The Morgan fingerprint density at radius 1 is 1.11 bits per heavy atom. The van der Waals surface area contributed by atoms with E-state index in [0.29, 0.717) is 0 Å². The zero-order valence-corrected chi connectivity index (χ0v) is 12.4. The van der Waals surface area contributed by atoms with Crippen molar-refractivity contribution in [2.24, 2.45) is 5.92 Å². The second kappa shape index (κ2) is 9.18. The first-order valence-corrected chi connectivity index (χ1v) is 9.03. The summed E-state index contributed by atoms with van der Waals surface area (Å²) in [5.41, 5.74) is 0. The molecular weight excluding hydrogens is 248 g/mol. The van der Waals surface area contributed by atoms with E-state index in [1.165, 1.54) is 44.3 Å². The summed E-state index contributed by atoms with van der Waals surface area (Å²) in [5.74, 6) is 2.82. The number of hydrogen-bond donors (Lipinski definition) is 3. The summed E-state index contributed by atoms with van der Waals surface area (Å²) in [6.07, 6.45) is 6.72. The lowest BCUT2D eigenvalue weighted by Gasteiger charge is -2.15. The Hall–Kier alpha value is 0.230. The van der Waals surface area contributed by atoms with Crippen molar-refractivity contribution >= 4 is 10.9 Å². The van der Waals surface area contributed by atoms with Crippen LogP contribution in [-0.2, 0) is 10.9 Å². The molecule has 0 saturated carbocycles. The van der Waals surface area contributed by atoms with Gasteiger partial charge in [-0.25, -0.2) is 0 Å². The molecule has 1 aliphatic rings. The smallest absolute Gasteiger partial charge is 0.134 e. The SMILES string of the molecule is CCCCCCCC[S+]1C[C@H]([C@H](O)CO)[C@H](O)C1. The Kier molecular flexibility index (Phi) is 8.31. The minimum atomic E-state index is -0.734. The fourth-order valence-corrected chi connectivity index (χ4v) is 5.37. The van der Waals surface area contributed by atoms with Crippen molar-refractivity contribution in [3.63, 3.8) is 0 Å². The highest BCUT2D eigenvalue weighted by Gasteiger charge is 2.43. The monoisotopic (exact) mass is 277 g/mol. The number of rotatable bonds is 9. The Bertz CT molecular complexity index is 213. The standard InChI is InChI=1S/C14H29O3S/c1-2-3-4-5-6-7-8-18-10-12(13(16)9-15)14(17)11-18/h12-17H,2-11H2,1H3/q+1/t12-,13-,14-,18?/m1/s1. The molecule has 0 aromatic rings. The Labute approximate surface area is 114 Å². The summed E-state index contributed by atoms with van der Waals surface area (Å²) in [4.78, 5) is 0. The lowest BCUT2D eigenvalue weighted by Crippen LogP contribution is -2.32. The highest BCUT2D eigenvalue weighted by atomic mass is 32.2. The van der Waals surface area contributed by atoms with Gasteiger partial charge in [-0.15, -0.1) is 0 Å². The maximum Gasteiger partial charge on any atom is 0.134 e. The maximum atomic E-state index is 9.87. The van der Waals surface area contributed by atoms with Crippen LogP contribution < -0.4 is 0 Å². The molecule has 0 aromatic heterocycles. The van der Waals surface area contributed by atoms with E-state index < -0.39 is 12.2 Å². The molecule has 108 valence electrons. The summed E-state index contributed by atoms with van der Waals surface area (Å²) < 4.78 is 0. The molecule has 1 fully saturated rings. The van der Waals surface area contributed by atoms with Crippen LogP contribution in [0.15, 0.2) is 0 Å². The van der Waals surface area contributed by atoms with Gasteiger partial charge in [0, 0.05) is 0 Å². The van der Waals surface area contributed by atoms with Crippen LogP contribution in [0.25, 0.3) is 0 Å². The molecular formula is C14H29O3S+. The zero-order chi connectivity index (χ0) is 13.4. The van der Waals surface area contributed by atoms with Crippen molar-refractivity contribution in [3.8, 4) is 0 Å². The maximum absolute atomic E-state index is 9.87. The Morgan fingerprint density at radius 2 is 1.78 bits per heavy atom. The molecule has 0 aromatic carbocycles. The highest BCUT2D eigenvalue weighted by molar-refractivity contribution is 7.97. The largest absolute Gasteiger partial charge is 0.394 e. The number of unbranched alkanes of at least 4 members (excludes halogenated alkanes) is 5. The van der Waals surface area contributed by atoms with Gasteiger partial charge in [-0.05, 0) is 23.7 Å². The molecule has 3 nitrogen and oxygen atoms in total. The lowest BCUT2D eigenvalue weighted by molar-refractivity contribution is 0.00718. The van der Waals surface area contributed by atoms with Gasteiger partial charge < -0.3 is 15.3 Å². The summed E-state index contributed by atoms with van der Waals surface area (Å²) in [6.45, 7) is 2.00. The van der Waals surface area contributed by atoms with Gasteiger partial charge in [-0.2, -0.15) is 0 Å². The molecule has 1 heterocycles. The van der Waals surface area contributed by atoms with Crippen LogP contribution >= 0.6 is 0 Å². The van der Waals surface area contributed by atoms with Crippen LogP contribution in [0.5, 0.6) is 0 Å². The molecule has 0 aliphatic carbocycles. The van der Waals surface area contributed by atoms with Crippen molar-refractivity contribution in [1.82, 2.24) is 0 Å². The average molecular weight is 277 g/mol. The number of aliphatic hydroxyl groups excluding tert-OH is 3. The molecule has 3 N–H and O–H groups in total. The van der Waals surface area contributed by atoms with E-state index in [4.69, 9.17) is 5.11 Å². The second-order valence-corrected chi connectivity index (χ2v) is 7.70. The fourth-order valence-electron chi connectivity index (χ4n) is 2.57. The quantitative estimate of drug-likeness (QED) is 0.440. The minimum Gasteiger partial charge on any atom is -0.394 e. The molecule has 0 spiro atoms. The van der Waals surface area contributed by atoms with E-state index in [-0.39, 0.29) is 23.4 Å². The van der Waals surface area contributed by atoms with Gasteiger partial charge >= 0.3 is 0 Å². The van der Waals surface area contributed by atoms with Gasteiger partial charge in [-0.3, -0.25) is 0 Å². The van der Waals surface area contributed by atoms with Gasteiger partial charge in [0.05, 0.1) is 18.6 Å². The van der Waals surface area contributed by atoms with E-state index in [1.54, 1.807) is 0 Å². The van der Waals surface area contributed by atoms with Crippen LogP contribution in [0.3, 0.4) is 0 Å². The molecule has 0 amide bonds. The van der Waals surface area contributed by atoms with Crippen LogP contribution in [0, 0.1) is 5.92 Å². The van der Waals surface area contributed by atoms with Gasteiger partial charge in [0.25, 0.3) is 0 Å². The predicted octanol–water partition coefficient (Wildman–Crippen LogP) is 1.31. The molecule has 1 unspecified atom stereocenters. The number of aliphatic hydroxyl groups is 3. The first-order valence-electron chi connectivity index (χ1n) is 7.30. The van der Waals surface area contributed by atoms with E-state index in [0.717, 1.165) is 11.5 Å². The molecule has 0 radical (unpaired) electrons. The first-order chi connectivity index (χ1) is 8.69. The Morgan fingerprint density at radius 3 is 2.44 bits per heavy atom. The first kappa shape index (κ1) is 16.3. The Balaban J connectivity index is 2.10. The van der Waals surface area contributed by atoms with Crippen molar-refractivity contribution in [2.75, 3.05) is 23.9 Å². The van der Waals surface area contributed by atoms with Crippen molar-refractivity contribution in [2.45, 2.75) is 57.7 Å². The van der Waals surface area contributed by atoms with Crippen LogP contribution in [-0.4, -0.2) is 51.4 Å². The normalized spacial score (nSPS) is 29.7. The fraction of sp³-hybridized carbons (Fsp3) is 1.00. The zero-order valence-electron chi connectivity index (χ0n) is 11.6. The van der Waals surface area contributed by atoms with Crippen LogP contribution in [0.2, 0.25) is 0 Å². The van der Waals surface area contributed by atoms with Gasteiger partial charge in [0.15, 0.2) is 0 Å². The summed E-state index contributed by atoms with van der Waals surface area (Å²) in [5, 5.41) is 28.4. The average Bonchev–Trinajstić information content (AvgIpc) is 2.74. The topological polar surface area (TPSA) is 60.7 Å². The van der Waals surface area contributed by atoms with Crippen molar-refractivity contribution in [1.29, 1.82) is 0 Å². The van der Waals surface area contributed by atoms with Crippen molar-refractivity contribution < 1.29 is 15.3 Å². The second-order valence-electron chi connectivity index (χ2n) is 5.40. The number of hydrogen-bond acceptors (Lipinski definition) is 3. The van der Waals surface area contributed by atoms with E-state index in [1.807, 2.05) is 0 Å². The lowest BCUT2D eigenvalue weighted by atomic mass is 10.0. The van der Waals surface area contributed by atoms with Gasteiger partial charge in [0.1, 0.15) is 23.4 Å². The molecule has 1 aliphatic heterocycles. The molecule has 1 saturated heterocycles. The molecule has 18 heavy (non-hydrogen) atoms. The van der Waals surface area contributed by atoms with Gasteiger partial charge in [-0.1, -0.05) is 32.6 Å². The summed E-state index contributed by atoms with van der Waals surface area (Å²) in [6, 6.07) is 0. The highest BCUT2D eigenvalue weighted by Crippen LogP contribution is 2.25. The summed E-state index contributed by atoms with van der Waals surface area (Å²) in [7, 11) is 0.262. The third kappa shape index (κ3) is 5.47. The predicted molar refractivity (Wildman–Crippen MR) is 77.9 cm³/mol. The molecule has 0 bridgehead atoms. The van der Waals surface area contributed by atoms with Gasteiger partial charge in [0.2, 0.25) is 0 Å². The molecule has 1 rings (SSSR count). The van der Waals surface area contributed by atoms with Crippen molar-refractivity contribution in [3.05, 3.63) is 0 Å². The molecule has 4 atom stereocenters. The van der Waals surface area contributed by atoms with E-state index >= 15 is 0 Å². The van der Waals surface area contributed by atoms with Crippen LogP contribution in [0.1, 0.15) is 45.4 Å². The third-order valence-corrected chi connectivity index (χ3v) is 6.33.